The molecule has 0 fully saturated rings. The summed E-state index contributed by atoms with van der Waals surface area (Å²) in [5.74, 6) is 0.471. The van der Waals surface area contributed by atoms with Crippen LogP contribution in [0.4, 0.5) is 0 Å². The molecule has 0 aliphatic carbocycles. The number of nitrogens with zero attached hydrogens (tertiary/aromatic N) is 2. The van der Waals surface area contributed by atoms with Crippen LogP contribution in [0, 0.1) is 0 Å². The van der Waals surface area contributed by atoms with Gasteiger partial charge in [0, 0.05) is 10.9 Å². The van der Waals surface area contributed by atoms with Crippen molar-refractivity contribution in [3.8, 4) is 5.75 Å². The standard InChI is InChI=1S/C12H14ClN3O2S/c13-11-3-2-10(19-11)8-16-12(17)6-9(7-15-16)18-5-1-4-14/h2-3,6-7H,1,4-5,8,14H2. The van der Waals surface area contributed by atoms with Crippen molar-refractivity contribution >= 4 is 22.9 Å². The molecule has 7 heteroatoms. The summed E-state index contributed by atoms with van der Waals surface area (Å²) in [5, 5.41) is 4.07. The maximum atomic E-state index is 11.9. The molecule has 0 aliphatic rings. The van der Waals surface area contributed by atoms with Crippen LogP contribution in [0.2, 0.25) is 4.34 Å². The summed E-state index contributed by atoms with van der Waals surface area (Å²) in [4.78, 5) is 12.8. The first-order valence-electron chi connectivity index (χ1n) is 5.83. The van der Waals surface area contributed by atoms with Gasteiger partial charge in [-0.25, -0.2) is 4.68 Å². The quantitative estimate of drug-likeness (QED) is 0.825. The molecule has 0 saturated carbocycles. The molecule has 2 heterocycles. The lowest BCUT2D eigenvalue weighted by molar-refractivity contribution is 0.309. The molecule has 0 unspecified atom stereocenters. The molecule has 0 radical (unpaired) electrons. The van der Waals surface area contributed by atoms with Gasteiger partial charge >= 0.3 is 0 Å². The van der Waals surface area contributed by atoms with E-state index in [2.05, 4.69) is 5.10 Å². The Morgan fingerprint density at radius 1 is 1.47 bits per heavy atom. The second-order valence-corrected chi connectivity index (χ2v) is 5.68. The van der Waals surface area contributed by atoms with Gasteiger partial charge in [0.2, 0.25) is 0 Å². The predicted molar refractivity (Wildman–Crippen MR) is 76.1 cm³/mol. The summed E-state index contributed by atoms with van der Waals surface area (Å²) in [5.41, 5.74) is 5.16. The zero-order valence-corrected chi connectivity index (χ0v) is 11.8. The van der Waals surface area contributed by atoms with Gasteiger partial charge in [-0.3, -0.25) is 4.79 Å². The van der Waals surface area contributed by atoms with Crippen LogP contribution >= 0.6 is 22.9 Å². The van der Waals surface area contributed by atoms with Crippen LogP contribution in [0.3, 0.4) is 0 Å². The number of rotatable bonds is 6. The molecule has 19 heavy (non-hydrogen) atoms. The van der Waals surface area contributed by atoms with Crippen molar-refractivity contribution in [2.24, 2.45) is 5.73 Å². The second-order valence-electron chi connectivity index (χ2n) is 3.88. The molecule has 5 nitrogen and oxygen atoms in total. The van der Waals surface area contributed by atoms with Crippen LogP contribution in [-0.2, 0) is 6.54 Å². The number of thiophene rings is 1. The molecule has 0 atom stereocenters. The zero-order chi connectivity index (χ0) is 13.7. The van der Waals surface area contributed by atoms with Gasteiger partial charge in [0.15, 0.2) is 0 Å². The van der Waals surface area contributed by atoms with Gasteiger partial charge < -0.3 is 10.5 Å². The molecule has 0 aromatic carbocycles. The maximum Gasteiger partial charge on any atom is 0.270 e. The van der Waals surface area contributed by atoms with E-state index in [-0.39, 0.29) is 5.56 Å². The summed E-state index contributed by atoms with van der Waals surface area (Å²) >= 11 is 7.28. The van der Waals surface area contributed by atoms with E-state index in [4.69, 9.17) is 22.1 Å². The van der Waals surface area contributed by atoms with Gasteiger partial charge in [-0.2, -0.15) is 5.10 Å². The molecule has 2 rings (SSSR count). The molecule has 2 N–H and O–H groups in total. The highest BCUT2D eigenvalue weighted by molar-refractivity contribution is 7.16. The van der Waals surface area contributed by atoms with E-state index in [1.165, 1.54) is 28.3 Å². The Kier molecular flexibility index (Phi) is 4.95. The fourth-order valence-corrected chi connectivity index (χ4v) is 2.54. The number of hydrogen-bond donors (Lipinski definition) is 1. The highest BCUT2D eigenvalue weighted by Crippen LogP contribution is 2.21. The molecular weight excluding hydrogens is 286 g/mol. The summed E-state index contributed by atoms with van der Waals surface area (Å²) < 4.78 is 7.43. The molecule has 0 bridgehead atoms. The van der Waals surface area contributed by atoms with E-state index in [1.54, 1.807) is 6.07 Å². The van der Waals surface area contributed by atoms with Gasteiger partial charge in [0.25, 0.3) is 5.56 Å². The Labute approximate surface area is 119 Å². The van der Waals surface area contributed by atoms with Crippen LogP contribution in [0.15, 0.2) is 29.2 Å². The van der Waals surface area contributed by atoms with Crippen molar-refractivity contribution in [2.75, 3.05) is 13.2 Å². The fourth-order valence-electron chi connectivity index (χ4n) is 1.47. The normalized spacial score (nSPS) is 10.6. The van der Waals surface area contributed by atoms with Crippen molar-refractivity contribution in [1.29, 1.82) is 0 Å². The van der Waals surface area contributed by atoms with Gasteiger partial charge in [-0.15, -0.1) is 11.3 Å². The van der Waals surface area contributed by atoms with Crippen molar-refractivity contribution in [3.63, 3.8) is 0 Å². The number of nitrogens with two attached hydrogens (primary N) is 1. The summed E-state index contributed by atoms with van der Waals surface area (Å²) in [6.45, 7) is 1.46. The summed E-state index contributed by atoms with van der Waals surface area (Å²) in [6, 6.07) is 5.11. The van der Waals surface area contributed by atoms with Crippen LogP contribution in [0.25, 0.3) is 0 Å². The van der Waals surface area contributed by atoms with E-state index < -0.39 is 0 Å². The molecule has 102 valence electrons. The number of aromatic nitrogens is 2. The number of hydrogen-bond acceptors (Lipinski definition) is 5. The molecule has 2 aromatic rings. The van der Waals surface area contributed by atoms with E-state index in [0.29, 0.717) is 29.8 Å². The Hall–Kier alpha value is -1.37. The Morgan fingerprint density at radius 3 is 2.95 bits per heavy atom. The molecule has 2 aromatic heterocycles. The highest BCUT2D eigenvalue weighted by Gasteiger charge is 2.04. The molecule has 0 saturated heterocycles. The first-order valence-corrected chi connectivity index (χ1v) is 7.03. The predicted octanol–water partition coefficient (Wildman–Crippen LogP) is 1.73. The molecule has 0 aliphatic heterocycles. The van der Waals surface area contributed by atoms with Crippen LogP contribution in [0.1, 0.15) is 11.3 Å². The minimum atomic E-state index is -0.199. The minimum Gasteiger partial charge on any atom is -0.492 e. The smallest absolute Gasteiger partial charge is 0.270 e. The van der Waals surface area contributed by atoms with Gasteiger partial charge in [0.1, 0.15) is 5.75 Å². The Morgan fingerprint density at radius 2 is 2.32 bits per heavy atom. The Bertz CT molecular complexity index is 597. The van der Waals surface area contributed by atoms with Gasteiger partial charge in [-0.05, 0) is 25.1 Å². The van der Waals surface area contributed by atoms with E-state index >= 15 is 0 Å². The monoisotopic (exact) mass is 299 g/mol. The summed E-state index contributed by atoms with van der Waals surface area (Å²) in [7, 11) is 0. The third kappa shape index (κ3) is 4.05. The maximum absolute atomic E-state index is 11.9. The largest absolute Gasteiger partial charge is 0.492 e. The van der Waals surface area contributed by atoms with Gasteiger partial charge in [-0.1, -0.05) is 11.6 Å². The van der Waals surface area contributed by atoms with Crippen molar-refractivity contribution in [3.05, 3.63) is 44.0 Å². The number of ether oxygens (including phenoxy) is 1. The van der Waals surface area contributed by atoms with Gasteiger partial charge in [0.05, 0.1) is 23.7 Å². The molecule has 0 spiro atoms. The lowest BCUT2D eigenvalue weighted by Crippen LogP contribution is -2.22. The molecular formula is C12H14ClN3O2S. The second kappa shape index (κ2) is 6.70. The third-order valence-electron chi connectivity index (χ3n) is 2.40. The fraction of sp³-hybridized carbons (Fsp3) is 0.333. The van der Waals surface area contributed by atoms with Crippen LogP contribution in [-0.4, -0.2) is 22.9 Å². The van der Waals surface area contributed by atoms with Crippen molar-refractivity contribution in [1.82, 2.24) is 9.78 Å². The average molecular weight is 300 g/mol. The summed E-state index contributed by atoms with van der Waals surface area (Å²) in [6.07, 6.45) is 2.28. The first-order chi connectivity index (χ1) is 9.19. The lowest BCUT2D eigenvalue weighted by Gasteiger charge is -2.06. The highest BCUT2D eigenvalue weighted by atomic mass is 35.5. The van der Waals surface area contributed by atoms with Crippen LogP contribution in [0.5, 0.6) is 5.75 Å². The average Bonchev–Trinajstić information content (AvgIpc) is 2.79. The zero-order valence-electron chi connectivity index (χ0n) is 10.2. The SMILES string of the molecule is NCCCOc1cnn(Cc2ccc(Cl)s2)c(=O)c1. The van der Waals surface area contributed by atoms with Crippen molar-refractivity contribution < 1.29 is 4.74 Å². The van der Waals surface area contributed by atoms with Crippen LogP contribution < -0.4 is 16.0 Å². The number of halogens is 1. The first kappa shape index (κ1) is 14.0. The molecule has 0 amide bonds. The van der Waals surface area contributed by atoms with E-state index in [1.807, 2.05) is 6.07 Å². The minimum absolute atomic E-state index is 0.199. The lowest BCUT2D eigenvalue weighted by atomic mass is 10.4. The van der Waals surface area contributed by atoms with E-state index in [9.17, 15) is 4.79 Å². The topological polar surface area (TPSA) is 70.1 Å². The third-order valence-corrected chi connectivity index (χ3v) is 3.61. The van der Waals surface area contributed by atoms with Crippen molar-refractivity contribution in [2.45, 2.75) is 13.0 Å². The van der Waals surface area contributed by atoms with E-state index in [0.717, 1.165) is 11.3 Å². The Balaban J connectivity index is 2.04.